The predicted octanol–water partition coefficient (Wildman–Crippen LogP) is 4.33. The molecular formula is C17H13F3N2O3. The summed E-state index contributed by atoms with van der Waals surface area (Å²) in [6, 6.07) is 7.72. The number of carbonyl (C=O) groups excluding carboxylic acids is 1. The van der Waals surface area contributed by atoms with Crippen LogP contribution in [0.1, 0.15) is 11.1 Å². The highest BCUT2D eigenvalue weighted by atomic mass is 19.4. The Morgan fingerprint density at radius 1 is 1.16 bits per heavy atom. The molecule has 0 radical (unpaired) electrons. The summed E-state index contributed by atoms with van der Waals surface area (Å²) >= 11 is 0. The van der Waals surface area contributed by atoms with Crippen LogP contribution in [0.25, 0.3) is 11.1 Å². The minimum absolute atomic E-state index is 0.0310. The fourth-order valence-electron chi connectivity index (χ4n) is 2.51. The molecule has 0 saturated heterocycles. The van der Waals surface area contributed by atoms with Crippen molar-refractivity contribution in [1.82, 2.24) is 0 Å². The van der Waals surface area contributed by atoms with E-state index in [9.17, 15) is 23.1 Å². The molecule has 2 aromatic carbocycles. The highest BCUT2D eigenvalue weighted by Gasteiger charge is 2.35. The zero-order valence-corrected chi connectivity index (χ0v) is 13.0. The number of hydrogen-bond acceptors (Lipinski definition) is 4. The number of hydrazone groups is 1. The van der Waals surface area contributed by atoms with Crippen molar-refractivity contribution in [2.24, 2.45) is 5.10 Å². The topological polar surface area (TPSA) is 62.1 Å². The van der Waals surface area contributed by atoms with Crippen LogP contribution in [0.2, 0.25) is 0 Å². The number of halogens is 3. The molecule has 130 valence electrons. The number of phenols is 1. The van der Waals surface area contributed by atoms with Gasteiger partial charge in [0, 0.05) is 5.56 Å². The Morgan fingerprint density at radius 3 is 2.52 bits per heavy atom. The van der Waals surface area contributed by atoms with Gasteiger partial charge in [-0.25, -0.2) is 4.79 Å². The van der Waals surface area contributed by atoms with Crippen LogP contribution in [-0.4, -0.2) is 24.0 Å². The van der Waals surface area contributed by atoms with Crippen LogP contribution in [0, 0.1) is 6.92 Å². The second kappa shape index (κ2) is 6.12. The van der Waals surface area contributed by atoms with E-state index < -0.39 is 17.8 Å². The van der Waals surface area contributed by atoms with Gasteiger partial charge in [0.15, 0.2) is 0 Å². The number of carbonyl (C=O) groups is 1. The van der Waals surface area contributed by atoms with Crippen LogP contribution in [0.4, 0.5) is 23.7 Å². The summed E-state index contributed by atoms with van der Waals surface area (Å²) in [4.78, 5) is 11.7. The molecule has 0 spiro atoms. The molecule has 25 heavy (non-hydrogen) atoms. The van der Waals surface area contributed by atoms with Crippen molar-refractivity contribution in [2.75, 3.05) is 11.6 Å². The highest BCUT2D eigenvalue weighted by molar-refractivity contribution is 5.92. The van der Waals surface area contributed by atoms with Crippen molar-refractivity contribution in [2.45, 2.75) is 13.1 Å². The van der Waals surface area contributed by atoms with Gasteiger partial charge < -0.3 is 9.84 Å². The van der Waals surface area contributed by atoms with Crippen LogP contribution >= 0.6 is 0 Å². The van der Waals surface area contributed by atoms with E-state index in [0.29, 0.717) is 0 Å². The van der Waals surface area contributed by atoms with Gasteiger partial charge in [0.25, 0.3) is 0 Å². The molecule has 1 heterocycles. The number of aromatic hydroxyl groups is 1. The molecule has 2 aromatic rings. The van der Waals surface area contributed by atoms with E-state index in [4.69, 9.17) is 4.74 Å². The number of hydrogen-bond donors (Lipinski definition) is 1. The Morgan fingerprint density at radius 2 is 1.88 bits per heavy atom. The zero-order chi connectivity index (χ0) is 18.2. The molecule has 0 unspecified atom stereocenters. The molecule has 3 rings (SSSR count). The molecule has 0 bridgehead atoms. The number of aryl methyl sites for hydroxylation is 1. The Kier molecular flexibility index (Phi) is 4.12. The average molecular weight is 350 g/mol. The lowest BCUT2D eigenvalue weighted by Gasteiger charge is -2.22. The average Bonchev–Trinajstić information content (AvgIpc) is 2.54. The number of ether oxygens (including phenoxy) is 1. The molecule has 1 amide bonds. The Labute approximate surface area is 140 Å². The van der Waals surface area contributed by atoms with Gasteiger partial charge in [-0.3, -0.25) is 0 Å². The number of phenolic OH excluding ortho intramolecular Hbond substituents is 1. The summed E-state index contributed by atoms with van der Waals surface area (Å²) in [7, 11) is 0. The Bertz CT molecular complexity index is 863. The first-order valence-corrected chi connectivity index (χ1v) is 7.28. The first kappa shape index (κ1) is 16.8. The largest absolute Gasteiger partial charge is 0.507 e. The number of alkyl halides is 3. The fraction of sp³-hybridized carbons (Fsp3) is 0.176. The van der Waals surface area contributed by atoms with Crippen molar-refractivity contribution in [3.63, 3.8) is 0 Å². The SMILES string of the molecule is Cc1ccc(-c2ccc(N3N=CCOC3=O)cc2C(F)(F)F)c(O)c1. The number of cyclic esters (lactones) is 1. The van der Waals surface area contributed by atoms with Crippen LogP contribution in [0.15, 0.2) is 41.5 Å². The molecule has 1 aliphatic heterocycles. The zero-order valence-electron chi connectivity index (χ0n) is 13.0. The number of amides is 1. The molecule has 0 fully saturated rings. The van der Waals surface area contributed by atoms with Gasteiger partial charge >= 0.3 is 12.3 Å². The van der Waals surface area contributed by atoms with Gasteiger partial charge in [0.1, 0.15) is 12.4 Å². The normalized spacial score (nSPS) is 14.6. The first-order valence-electron chi connectivity index (χ1n) is 7.28. The summed E-state index contributed by atoms with van der Waals surface area (Å²) in [6.45, 7) is 1.69. The smallest absolute Gasteiger partial charge is 0.435 e. The summed E-state index contributed by atoms with van der Waals surface area (Å²) in [5.41, 5.74) is -0.490. The predicted molar refractivity (Wildman–Crippen MR) is 85.6 cm³/mol. The maximum absolute atomic E-state index is 13.5. The quantitative estimate of drug-likeness (QED) is 0.877. The van der Waals surface area contributed by atoms with Crippen molar-refractivity contribution < 1.29 is 27.8 Å². The second-order valence-electron chi connectivity index (χ2n) is 5.44. The van der Waals surface area contributed by atoms with Crippen molar-refractivity contribution in [1.29, 1.82) is 0 Å². The summed E-state index contributed by atoms with van der Waals surface area (Å²) < 4.78 is 45.3. The van der Waals surface area contributed by atoms with Crippen LogP contribution in [0.5, 0.6) is 5.75 Å². The molecule has 0 aromatic heterocycles. The van der Waals surface area contributed by atoms with Crippen LogP contribution in [0.3, 0.4) is 0 Å². The minimum atomic E-state index is -4.69. The lowest BCUT2D eigenvalue weighted by atomic mass is 9.97. The number of rotatable bonds is 2. The minimum Gasteiger partial charge on any atom is -0.507 e. The summed E-state index contributed by atoms with van der Waals surface area (Å²) in [6.07, 6.45) is -4.28. The van der Waals surface area contributed by atoms with E-state index in [-0.39, 0.29) is 29.2 Å². The molecular weight excluding hydrogens is 337 g/mol. The standard InChI is InChI=1S/C17H13F3N2O3/c1-10-2-4-13(15(23)8-10)12-5-3-11(9-14(12)17(18,19)20)22-16(24)25-7-6-21-22/h2-6,8-9,23H,7H2,1H3. The van der Waals surface area contributed by atoms with Gasteiger partial charge in [0.05, 0.1) is 17.5 Å². The van der Waals surface area contributed by atoms with Crippen LogP contribution < -0.4 is 5.01 Å². The molecule has 8 heteroatoms. The third-order valence-electron chi connectivity index (χ3n) is 3.65. The molecule has 0 saturated carbocycles. The van der Waals surface area contributed by atoms with Crippen LogP contribution in [-0.2, 0) is 10.9 Å². The molecule has 1 aliphatic rings. The summed E-state index contributed by atoms with van der Waals surface area (Å²) in [5, 5.41) is 14.5. The van der Waals surface area contributed by atoms with Gasteiger partial charge in [0.2, 0.25) is 0 Å². The van der Waals surface area contributed by atoms with Gasteiger partial charge in [-0.15, -0.1) is 0 Å². The van der Waals surface area contributed by atoms with E-state index in [0.717, 1.165) is 16.6 Å². The third kappa shape index (κ3) is 3.28. The van der Waals surface area contributed by atoms with Gasteiger partial charge in [-0.2, -0.15) is 23.3 Å². The lowest BCUT2D eigenvalue weighted by molar-refractivity contribution is -0.137. The van der Waals surface area contributed by atoms with E-state index in [2.05, 4.69) is 5.10 Å². The van der Waals surface area contributed by atoms with Crippen molar-refractivity contribution in [3.05, 3.63) is 47.5 Å². The Balaban J connectivity index is 2.15. The maximum atomic E-state index is 13.5. The number of benzene rings is 2. The lowest BCUT2D eigenvalue weighted by Crippen LogP contribution is -2.31. The molecule has 1 N–H and O–H groups in total. The third-order valence-corrected chi connectivity index (χ3v) is 3.65. The molecule has 0 aliphatic carbocycles. The first-order chi connectivity index (χ1) is 11.8. The highest BCUT2D eigenvalue weighted by Crippen LogP contribution is 2.42. The van der Waals surface area contributed by atoms with E-state index in [1.165, 1.54) is 30.5 Å². The Hall–Kier alpha value is -3.03. The van der Waals surface area contributed by atoms with Crippen molar-refractivity contribution in [3.8, 4) is 16.9 Å². The number of nitrogens with zero attached hydrogens (tertiary/aromatic N) is 2. The summed E-state index contributed by atoms with van der Waals surface area (Å²) in [5.74, 6) is -0.256. The van der Waals surface area contributed by atoms with E-state index >= 15 is 0 Å². The monoisotopic (exact) mass is 350 g/mol. The van der Waals surface area contributed by atoms with E-state index in [1.54, 1.807) is 13.0 Å². The van der Waals surface area contributed by atoms with Gasteiger partial charge in [-0.1, -0.05) is 18.2 Å². The number of anilines is 1. The molecule has 0 atom stereocenters. The molecule has 5 nitrogen and oxygen atoms in total. The second-order valence-corrected chi connectivity index (χ2v) is 5.44. The fourth-order valence-corrected chi connectivity index (χ4v) is 2.51. The van der Waals surface area contributed by atoms with Gasteiger partial charge in [-0.05, 0) is 36.2 Å². The van der Waals surface area contributed by atoms with Crippen molar-refractivity contribution >= 4 is 18.0 Å². The maximum Gasteiger partial charge on any atom is 0.435 e. The van der Waals surface area contributed by atoms with E-state index in [1.807, 2.05) is 0 Å².